The predicted octanol–water partition coefficient (Wildman–Crippen LogP) is 6.36. The number of nitrogens with one attached hydrogen (secondary N) is 4. The number of hydrogen-bond acceptors (Lipinski definition) is 7. The lowest BCUT2D eigenvalue weighted by Gasteiger charge is -2.24. The van der Waals surface area contributed by atoms with Gasteiger partial charge in [-0.25, -0.2) is 0 Å². The summed E-state index contributed by atoms with van der Waals surface area (Å²) in [6.45, 7) is 7.31. The Morgan fingerprint density at radius 2 is 2.03 bits per heavy atom. The Hall–Kier alpha value is -3.99. The van der Waals surface area contributed by atoms with Crippen molar-refractivity contribution in [2.24, 2.45) is 5.41 Å². The Labute approximate surface area is 234 Å². The maximum atomic E-state index is 6.84. The highest BCUT2D eigenvalue weighted by atomic mass is 35.5. The van der Waals surface area contributed by atoms with Gasteiger partial charge in [-0.2, -0.15) is 0 Å². The molecule has 0 amide bonds. The Kier molecular flexibility index (Phi) is 6.46. The number of benzene rings is 2. The molecule has 1 aliphatic carbocycles. The molecule has 198 valence electrons. The molecule has 39 heavy (non-hydrogen) atoms. The molecule has 0 spiro atoms. The fraction of sp³-hybridized carbons (Fsp3) is 0.290. The van der Waals surface area contributed by atoms with Crippen LogP contribution in [0.25, 0.3) is 21.7 Å². The van der Waals surface area contributed by atoms with Crippen molar-refractivity contribution in [3.63, 3.8) is 0 Å². The summed E-state index contributed by atoms with van der Waals surface area (Å²) >= 11 is 6.84. The third-order valence-corrected chi connectivity index (χ3v) is 7.36. The number of hydrogen-bond donors (Lipinski definition) is 4. The zero-order valence-corrected chi connectivity index (χ0v) is 23.1. The summed E-state index contributed by atoms with van der Waals surface area (Å²) in [5.41, 5.74) is 12.1. The SMILES string of the molecule is C#Cc1cnc2c(Cl)cc(N[C@H](C3=CN(C4CC4)NN3)c3cccc4cnccc34)cc2c1NCC(C)(C)C. The molecule has 2 aliphatic rings. The zero-order chi connectivity index (χ0) is 27.1. The maximum Gasteiger partial charge on any atom is 0.0950 e. The second-order valence-electron chi connectivity index (χ2n) is 11.4. The molecular weight excluding hydrogens is 506 g/mol. The van der Waals surface area contributed by atoms with Crippen LogP contribution in [0.15, 0.2) is 66.9 Å². The summed E-state index contributed by atoms with van der Waals surface area (Å²) in [5, 5.41) is 13.2. The number of pyridine rings is 2. The molecule has 7 nitrogen and oxygen atoms in total. The first-order valence-electron chi connectivity index (χ1n) is 13.2. The van der Waals surface area contributed by atoms with Crippen LogP contribution >= 0.6 is 11.6 Å². The third kappa shape index (κ3) is 5.18. The number of rotatable bonds is 7. The van der Waals surface area contributed by atoms with Gasteiger partial charge in [-0.15, -0.1) is 12.0 Å². The molecule has 1 saturated carbocycles. The quantitative estimate of drug-likeness (QED) is 0.204. The van der Waals surface area contributed by atoms with Crippen LogP contribution in [0.5, 0.6) is 0 Å². The summed E-state index contributed by atoms with van der Waals surface area (Å²) in [6, 6.07) is 12.7. The lowest BCUT2D eigenvalue weighted by atomic mass is 9.96. The predicted molar refractivity (Wildman–Crippen MR) is 160 cm³/mol. The van der Waals surface area contributed by atoms with Crippen LogP contribution in [0.2, 0.25) is 5.02 Å². The summed E-state index contributed by atoms with van der Waals surface area (Å²) in [6.07, 6.45) is 15.9. The molecule has 4 aromatic rings. The van der Waals surface area contributed by atoms with Crippen molar-refractivity contribution < 1.29 is 0 Å². The molecular formula is C31H32ClN7. The van der Waals surface area contributed by atoms with Gasteiger partial charge in [0.2, 0.25) is 0 Å². The van der Waals surface area contributed by atoms with E-state index < -0.39 is 0 Å². The second-order valence-corrected chi connectivity index (χ2v) is 11.8. The lowest BCUT2D eigenvalue weighted by Crippen LogP contribution is -2.38. The number of nitrogens with zero attached hydrogens (tertiary/aromatic N) is 3. The monoisotopic (exact) mass is 537 g/mol. The minimum atomic E-state index is -0.185. The van der Waals surface area contributed by atoms with Crippen molar-refractivity contribution in [2.45, 2.75) is 45.7 Å². The molecule has 0 unspecified atom stereocenters. The number of aromatic nitrogens is 2. The Morgan fingerprint density at radius 3 is 2.79 bits per heavy atom. The van der Waals surface area contributed by atoms with E-state index in [9.17, 15) is 0 Å². The lowest BCUT2D eigenvalue weighted by molar-refractivity contribution is 0.260. The van der Waals surface area contributed by atoms with Gasteiger partial charge in [0.1, 0.15) is 0 Å². The summed E-state index contributed by atoms with van der Waals surface area (Å²) in [4.78, 5) is 8.93. The highest BCUT2D eigenvalue weighted by Crippen LogP contribution is 2.38. The average Bonchev–Trinajstić information content (AvgIpc) is 3.66. The molecule has 1 aliphatic heterocycles. The fourth-order valence-electron chi connectivity index (χ4n) is 4.92. The van der Waals surface area contributed by atoms with Crippen molar-refractivity contribution in [3.8, 4) is 12.3 Å². The van der Waals surface area contributed by atoms with Crippen molar-refractivity contribution >= 4 is 44.7 Å². The van der Waals surface area contributed by atoms with Gasteiger partial charge in [-0.05, 0) is 47.4 Å². The number of terminal acetylenes is 1. The Bertz CT molecular complexity index is 1620. The van der Waals surface area contributed by atoms with Crippen LogP contribution in [0.4, 0.5) is 11.4 Å². The summed E-state index contributed by atoms with van der Waals surface area (Å²) in [5.74, 6) is 2.79. The van der Waals surface area contributed by atoms with Crippen LogP contribution in [0.1, 0.15) is 50.8 Å². The molecule has 6 rings (SSSR count). The minimum Gasteiger partial charge on any atom is -0.383 e. The number of fused-ring (bicyclic) bond motifs is 2. The highest BCUT2D eigenvalue weighted by Gasteiger charge is 2.32. The minimum absolute atomic E-state index is 0.0660. The van der Waals surface area contributed by atoms with Gasteiger partial charge in [-0.3, -0.25) is 15.0 Å². The van der Waals surface area contributed by atoms with Gasteiger partial charge in [0.15, 0.2) is 0 Å². The first-order valence-corrected chi connectivity index (χ1v) is 13.6. The van der Waals surface area contributed by atoms with E-state index in [1.54, 1.807) is 6.20 Å². The molecule has 2 aromatic heterocycles. The first kappa shape index (κ1) is 25.3. The van der Waals surface area contributed by atoms with E-state index in [0.29, 0.717) is 22.1 Å². The van der Waals surface area contributed by atoms with Gasteiger partial charge in [0, 0.05) is 53.8 Å². The Balaban J connectivity index is 1.46. The average molecular weight is 538 g/mol. The van der Waals surface area contributed by atoms with Crippen molar-refractivity contribution in [1.82, 2.24) is 25.9 Å². The van der Waals surface area contributed by atoms with Crippen LogP contribution in [0, 0.1) is 17.8 Å². The third-order valence-electron chi connectivity index (χ3n) is 7.07. The zero-order valence-electron chi connectivity index (χ0n) is 22.3. The van der Waals surface area contributed by atoms with E-state index in [-0.39, 0.29) is 11.5 Å². The molecule has 0 saturated heterocycles. The van der Waals surface area contributed by atoms with E-state index in [0.717, 1.165) is 45.3 Å². The van der Waals surface area contributed by atoms with Crippen LogP contribution < -0.4 is 21.6 Å². The molecule has 0 bridgehead atoms. The van der Waals surface area contributed by atoms with E-state index in [1.807, 2.05) is 18.5 Å². The van der Waals surface area contributed by atoms with Crippen LogP contribution in [-0.4, -0.2) is 27.6 Å². The summed E-state index contributed by atoms with van der Waals surface area (Å²) in [7, 11) is 0. The normalized spacial score (nSPS) is 16.1. The first-order chi connectivity index (χ1) is 18.8. The van der Waals surface area contributed by atoms with Crippen molar-refractivity contribution in [3.05, 3.63) is 83.0 Å². The standard InChI is InChI=1S/C31H32ClN7/c1-5-19-16-34-29-25(28(19)35-18-31(2,3)4)13-21(14-26(29)32)36-30(27-17-39(38-37-27)22-9-10-22)24-8-6-7-20-15-33-12-11-23(20)24/h1,6-8,11-17,22,30,36-38H,9-10,18H2,2-4H3,(H,34,35)/t30-/m0/s1. The molecule has 1 atom stereocenters. The van der Waals surface area contributed by atoms with E-state index in [2.05, 4.69) is 99.8 Å². The van der Waals surface area contributed by atoms with E-state index in [1.165, 1.54) is 12.8 Å². The largest absolute Gasteiger partial charge is 0.383 e. The van der Waals surface area contributed by atoms with Gasteiger partial charge in [0.25, 0.3) is 0 Å². The van der Waals surface area contributed by atoms with Gasteiger partial charge >= 0.3 is 0 Å². The molecule has 2 aromatic carbocycles. The number of halogens is 1. The number of anilines is 2. The van der Waals surface area contributed by atoms with Gasteiger partial charge < -0.3 is 16.1 Å². The fourth-order valence-corrected chi connectivity index (χ4v) is 5.19. The molecule has 8 heteroatoms. The van der Waals surface area contributed by atoms with E-state index in [4.69, 9.17) is 18.0 Å². The van der Waals surface area contributed by atoms with Crippen LogP contribution in [-0.2, 0) is 0 Å². The maximum absolute atomic E-state index is 6.84. The molecule has 1 fully saturated rings. The Morgan fingerprint density at radius 1 is 1.18 bits per heavy atom. The number of hydrazine groups is 2. The second kappa shape index (κ2) is 9.96. The highest BCUT2D eigenvalue weighted by molar-refractivity contribution is 6.35. The summed E-state index contributed by atoms with van der Waals surface area (Å²) < 4.78 is 0. The van der Waals surface area contributed by atoms with Crippen molar-refractivity contribution in [1.29, 1.82) is 0 Å². The molecule has 3 heterocycles. The van der Waals surface area contributed by atoms with Gasteiger partial charge in [0.05, 0.1) is 33.5 Å². The van der Waals surface area contributed by atoms with Crippen molar-refractivity contribution in [2.75, 3.05) is 17.2 Å². The topological polar surface area (TPSA) is 77.1 Å². The smallest absolute Gasteiger partial charge is 0.0950 e. The van der Waals surface area contributed by atoms with Crippen LogP contribution in [0.3, 0.4) is 0 Å². The molecule has 0 radical (unpaired) electrons. The van der Waals surface area contributed by atoms with Gasteiger partial charge in [-0.1, -0.05) is 56.5 Å². The van der Waals surface area contributed by atoms with E-state index >= 15 is 0 Å². The molecule has 4 N–H and O–H groups in total.